The molecule has 1 aromatic carbocycles. The third-order valence-electron chi connectivity index (χ3n) is 8.33. The van der Waals surface area contributed by atoms with Crippen LogP contribution in [0.1, 0.15) is 65.0 Å². The summed E-state index contributed by atoms with van der Waals surface area (Å²) in [5, 5.41) is 12.8. The van der Waals surface area contributed by atoms with E-state index in [0.29, 0.717) is 23.6 Å². The molecule has 0 bridgehead atoms. The molecule has 0 aromatic heterocycles. The first-order valence-electron chi connectivity index (χ1n) is 12.5. The quantitative estimate of drug-likeness (QED) is 0.262. The summed E-state index contributed by atoms with van der Waals surface area (Å²) < 4.78 is 0. The van der Waals surface area contributed by atoms with Crippen LogP contribution in [-0.2, 0) is 10.2 Å². The Balaban J connectivity index is 1.76. The van der Waals surface area contributed by atoms with Crippen LogP contribution in [0, 0.1) is 11.3 Å². The van der Waals surface area contributed by atoms with Gasteiger partial charge in [-0.05, 0) is 75.4 Å². The van der Waals surface area contributed by atoms with Crippen molar-refractivity contribution >= 4 is 18.2 Å². The van der Waals surface area contributed by atoms with Crippen molar-refractivity contribution in [2.45, 2.75) is 65.3 Å². The molecular formula is C28H42N4O2. The largest absolute Gasteiger partial charge is 0.396 e. The minimum Gasteiger partial charge on any atom is -0.396 e. The highest BCUT2D eigenvalue weighted by atomic mass is 16.3. The molecule has 1 saturated heterocycles. The fourth-order valence-corrected chi connectivity index (χ4v) is 5.21. The number of hydrogen-bond donors (Lipinski definition) is 3. The second-order valence-electron chi connectivity index (χ2n) is 10.5. The third-order valence-corrected chi connectivity index (χ3v) is 8.33. The lowest BCUT2D eigenvalue weighted by atomic mass is 9.83. The number of hydrogen-bond acceptors (Lipinski definition) is 5. The van der Waals surface area contributed by atoms with Crippen molar-refractivity contribution in [3.05, 3.63) is 52.9 Å². The average molecular weight is 467 g/mol. The van der Waals surface area contributed by atoms with E-state index in [4.69, 9.17) is 5.73 Å². The standard InChI is InChI=1S/C28H42N4O2/c1-7-27(8-2,18-33)16-31-26(34)24(25(29)30-6)13-20(5)21-9-11-22(12-10-21)28-14-23(28)15-32(17-28)19(3)4/h9-13,19,23,33H,6-8,14-18,29H2,1-5H3,(H,31,34)/b20-13+,25-24+/t23-,28+/m1/s1. The molecule has 4 N–H and O–H groups in total. The summed E-state index contributed by atoms with van der Waals surface area (Å²) in [6.45, 7) is 16.8. The number of allylic oxidation sites excluding steroid dienone is 1. The number of nitrogens with two attached hydrogens (primary N) is 1. The summed E-state index contributed by atoms with van der Waals surface area (Å²) >= 11 is 0. The molecule has 2 aliphatic rings. The van der Waals surface area contributed by atoms with Crippen LogP contribution in [0.2, 0.25) is 0 Å². The van der Waals surface area contributed by atoms with Crippen LogP contribution in [0.15, 0.2) is 46.7 Å². The maximum Gasteiger partial charge on any atom is 0.255 e. The molecule has 2 fully saturated rings. The van der Waals surface area contributed by atoms with E-state index in [1.54, 1.807) is 6.08 Å². The first kappa shape index (κ1) is 26.2. The van der Waals surface area contributed by atoms with Crippen LogP contribution in [0.3, 0.4) is 0 Å². The Bertz CT molecular complexity index is 951. The molecule has 34 heavy (non-hydrogen) atoms. The van der Waals surface area contributed by atoms with E-state index in [1.165, 1.54) is 18.5 Å². The number of amides is 1. The summed E-state index contributed by atoms with van der Waals surface area (Å²) in [6.07, 6.45) is 4.60. The lowest BCUT2D eigenvalue weighted by molar-refractivity contribution is -0.117. The van der Waals surface area contributed by atoms with Gasteiger partial charge in [-0.25, -0.2) is 4.99 Å². The van der Waals surface area contributed by atoms with E-state index in [2.05, 4.69) is 60.0 Å². The predicted molar refractivity (Wildman–Crippen MR) is 140 cm³/mol. The first-order valence-corrected chi connectivity index (χ1v) is 12.5. The van der Waals surface area contributed by atoms with Crippen LogP contribution in [0.4, 0.5) is 0 Å². The number of aliphatic hydroxyl groups is 1. The Kier molecular flexibility index (Phi) is 8.04. The molecule has 1 heterocycles. The van der Waals surface area contributed by atoms with Crippen molar-refractivity contribution in [2.24, 2.45) is 22.1 Å². The van der Waals surface area contributed by atoms with Crippen molar-refractivity contribution in [3.63, 3.8) is 0 Å². The molecule has 6 nitrogen and oxygen atoms in total. The SMILES string of the molecule is C=N/C(N)=C(\C=C(/C)c1ccc([C@@]23C[C@@H]2CN(C(C)C)C3)cc1)C(=O)NCC(CC)(CC)CO. The van der Waals surface area contributed by atoms with Gasteiger partial charge in [0.1, 0.15) is 5.82 Å². The highest BCUT2D eigenvalue weighted by Crippen LogP contribution is 2.59. The van der Waals surface area contributed by atoms with Gasteiger partial charge >= 0.3 is 0 Å². The minimum absolute atomic E-state index is 0.0208. The van der Waals surface area contributed by atoms with Gasteiger partial charge < -0.3 is 16.2 Å². The van der Waals surface area contributed by atoms with E-state index in [1.807, 2.05) is 20.8 Å². The molecule has 1 amide bonds. The number of nitrogens with one attached hydrogen (secondary N) is 1. The molecule has 1 aliphatic heterocycles. The van der Waals surface area contributed by atoms with Crippen LogP contribution in [0.25, 0.3) is 5.57 Å². The number of carbonyl (C=O) groups is 1. The number of aliphatic imine (C=N–C) groups is 1. The molecular weight excluding hydrogens is 424 g/mol. The normalized spacial score (nSPS) is 23.5. The van der Waals surface area contributed by atoms with Crippen molar-refractivity contribution in [2.75, 3.05) is 26.2 Å². The number of rotatable bonds is 11. The maximum atomic E-state index is 13.0. The number of nitrogens with zero attached hydrogens (tertiary/aromatic N) is 2. The Hall–Kier alpha value is -2.44. The van der Waals surface area contributed by atoms with Gasteiger partial charge in [0.15, 0.2) is 0 Å². The lowest BCUT2D eigenvalue weighted by Gasteiger charge is -2.29. The molecule has 186 valence electrons. The van der Waals surface area contributed by atoms with Gasteiger partial charge in [-0.1, -0.05) is 38.1 Å². The van der Waals surface area contributed by atoms with Gasteiger partial charge in [0.05, 0.1) is 12.2 Å². The van der Waals surface area contributed by atoms with Crippen LogP contribution >= 0.6 is 0 Å². The number of likely N-dealkylation sites (tertiary alicyclic amines) is 1. The summed E-state index contributed by atoms with van der Waals surface area (Å²) in [4.78, 5) is 19.4. The molecule has 2 atom stereocenters. The number of carbonyl (C=O) groups excluding carboxylic acids is 1. The molecule has 6 heteroatoms. The Morgan fingerprint density at radius 3 is 2.50 bits per heavy atom. The minimum atomic E-state index is -0.336. The topological polar surface area (TPSA) is 91.0 Å². The van der Waals surface area contributed by atoms with E-state index in [-0.39, 0.29) is 23.8 Å². The van der Waals surface area contributed by atoms with Crippen molar-refractivity contribution < 1.29 is 9.90 Å². The molecule has 3 rings (SSSR count). The van der Waals surface area contributed by atoms with Crippen LogP contribution in [-0.4, -0.2) is 54.9 Å². The van der Waals surface area contributed by atoms with Crippen LogP contribution < -0.4 is 11.1 Å². The number of aliphatic hydroxyl groups excluding tert-OH is 1. The summed E-state index contributed by atoms with van der Waals surface area (Å²) in [5.74, 6) is 0.557. The predicted octanol–water partition coefficient (Wildman–Crippen LogP) is 3.86. The maximum absolute atomic E-state index is 13.0. The Morgan fingerprint density at radius 2 is 2.00 bits per heavy atom. The van der Waals surface area contributed by atoms with E-state index >= 15 is 0 Å². The second kappa shape index (κ2) is 10.4. The molecule has 1 aliphatic carbocycles. The highest BCUT2D eigenvalue weighted by Gasteiger charge is 2.60. The van der Waals surface area contributed by atoms with E-state index in [9.17, 15) is 9.90 Å². The summed E-state index contributed by atoms with van der Waals surface area (Å²) in [5.41, 5.74) is 9.71. The van der Waals surface area contributed by atoms with Gasteiger partial charge in [-0.3, -0.25) is 9.69 Å². The van der Waals surface area contributed by atoms with E-state index < -0.39 is 0 Å². The third kappa shape index (κ3) is 5.13. The highest BCUT2D eigenvalue weighted by molar-refractivity contribution is 5.98. The second-order valence-corrected chi connectivity index (χ2v) is 10.5. The Labute approximate surface area is 205 Å². The van der Waals surface area contributed by atoms with Gasteiger partial charge in [0.2, 0.25) is 0 Å². The Morgan fingerprint density at radius 1 is 1.35 bits per heavy atom. The van der Waals surface area contributed by atoms with Gasteiger partial charge in [0.25, 0.3) is 5.91 Å². The summed E-state index contributed by atoms with van der Waals surface area (Å²) in [6, 6.07) is 9.36. The smallest absolute Gasteiger partial charge is 0.255 e. The van der Waals surface area contributed by atoms with Crippen molar-refractivity contribution in [1.82, 2.24) is 10.2 Å². The molecule has 0 radical (unpaired) electrons. The lowest BCUT2D eigenvalue weighted by Crippen LogP contribution is -2.40. The number of fused-ring (bicyclic) bond motifs is 1. The first-order chi connectivity index (χ1) is 16.1. The average Bonchev–Trinajstić information content (AvgIpc) is 3.43. The van der Waals surface area contributed by atoms with Crippen LogP contribution in [0.5, 0.6) is 0 Å². The molecule has 0 unspecified atom stereocenters. The zero-order chi connectivity index (χ0) is 25.1. The molecule has 0 spiro atoms. The zero-order valence-electron chi connectivity index (χ0n) is 21.5. The number of benzene rings is 1. The zero-order valence-corrected chi connectivity index (χ0v) is 21.5. The fraction of sp³-hybridized carbons (Fsp3) is 0.571. The van der Waals surface area contributed by atoms with E-state index in [0.717, 1.165) is 36.4 Å². The molecule has 1 saturated carbocycles. The number of piperidine rings is 1. The summed E-state index contributed by atoms with van der Waals surface area (Å²) in [7, 11) is 0. The van der Waals surface area contributed by atoms with Gasteiger partial charge in [-0.15, -0.1) is 0 Å². The molecule has 1 aromatic rings. The van der Waals surface area contributed by atoms with Crippen molar-refractivity contribution in [1.29, 1.82) is 0 Å². The van der Waals surface area contributed by atoms with Crippen molar-refractivity contribution in [3.8, 4) is 0 Å². The van der Waals surface area contributed by atoms with Gasteiger partial charge in [-0.2, -0.15) is 0 Å². The van der Waals surface area contributed by atoms with Gasteiger partial charge in [0, 0.05) is 36.5 Å². The monoisotopic (exact) mass is 466 g/mol. The fourth-order valence-electron chi connectivity index (χ4n) is 5.21.